The van der Waals surface area contributed by atoms with E-state index in [1.165, 1.54) is 0 Å². The van der Waals surface area contributed by atoms with E-state index in [1.54, 1.807) is 6.92 Å². The normalized spacial score (nSPS) is 15.4. The molecule has 10 heavy (non-hydrogen) atoms. The average molecular weight is 132 g/mol. The first kappa shape index (κ1) is 6.40. The van der Waals surface area contributed by atoms with Gasteiger partial charge in [-0.15, -0.1) is 4.99 Å². The summed E-state index contributed by atoms with van der Waals surface area (Å²) in [6.45, 7) is 8.28. The summed E-state index contributed by atoms with van der Waals surface area (Å²) < 4.78 is 0. The molecule has 0 aromatic rings. The zero-order valence-electron chi connectivity index (χ0n) is 5.34. The third kappa shape index (κ3) is 0.859. The fraction of sp³-hybridized carbons (Fsp3) is 0.167. The highest BCUT2D eigenvalue weighted by atomic mass is 15.1. The van der Waals surface area contributed by atoms with Gasteiger partial charge in [0.15, 0.2) is 5.70 Å². The zero-order chi connectivity index (χ0) is 7.56. The lowest BCUT2D eigenvalue weighted by molar-refractivity contribution is 1.48. The summed E-state index contributed by atoms with van der Waals surface area (Å²) >= 11 is 0. The number of hydrogen-bond acceptors (Lipinski definition) is 3. The molecule has 0 radical (unpaired) electrons. The van der Waals surface area contributed by atoms with E-state index in [-0.39, 0.29) is 11.5 Å². The van der Waals surface area contributed by atoms with Gasteiger partial charge in [-0.05, 0) is 5.87 Å². The van der Waals surface area contributed by atoms with E-state index in [2.05, 4.69) is 14.8 Å². The van der Waals surface area contributed by atoms with Gasteiger partial charge in [0.2, 0.25) is 5.84 Å². The summed E-state index contributed by atoms with van der Waals surface area (Å²) in [7, 11) is 0. The van der Waals surface area contributed by atoms with Gasteiger partial charge in [-0.2, -0.15) is 0 Å². The molecule has 1 aliphatic heterocycles. The van der Waals surface area contributed by atoms with E-state index in [1.807, 2.05) is 5.87 Å². The number of nitrogens with zero attached hydrogens (tertiary/aromatic N) is 3. The van der Waals surface area contributed by atoms with Gasteiger partial charge in [0.1, 0.15) is 0 Å². The second-order valence-electron chi connectivity index (χ2n) is 1.68. The molecule has 4 nitrogen and oxygen atoms in total. The van der Waals surface area contributed by atoms with E-state index in [4.69, 9.17) is 12.0 Å². The Labute approximate surface area is 57.9 Å². The van der Waals surface area contributed by atoms with Gasteiger partial charge in [0.05, 0.1) is 0 Å². The van der Waals surface area contributed by atoms with Crippen molar-refractivity contribution < 1.29 is 0 Å². The second-order valence-corrected chi connectivity index (χ2v) is 1.68. The van der Waals surface area contributed by atoms with Gasteiger partial charge >= 0.3 is 5.84 Å². The Bertz CT molecular complexity index is 309. The van der Waals surface area contributed by atoms with Crippen molar-refractivity contribution in [3.8, 4) is 0 Å². The van der Waals surface area contributed by atoms with Crippen molar-refractivity contribution in [3.05, 3.63) is 17.1 Å². The summed E-state index contributed by atoms with van der Waals surface area (Å²) in [5.74, 6) is 2.70. The monoisotopic (exact) mass is 132 g/mol. The minimum absolute atomic E-state index is 0.160. The smallest absolute Gasteiger partial charge is 0.306 e. The van der Waals surface area contributed by atoms with Crippen LogP contribution in [0, 0.1) is 12.0 Å². The Morgan fingerprint density at radius 1 is 1.60 bits per heavy atom. The van der Waals surface area contributed by atoms with Crippen molar-refractivity contribution in [1.82, 2.24) is 0 Å². The maximum absolute atomic E-state index is 6.71. The van der Waals surface area contributed by atoms with Crippen LogP contribution in [0.5, 0.6) is 0 Å². The molecule has 0 aliphatic carbocycles. The first-order valence-electron chi connectivity index (χ1n) is 2.59. The van der Waals surface area contributed by atoms with E-state index >= 15 is 0 Å². The van der Waals surface area contributed by atoms with E-state index in [0.717, 1.165) is 0 Å². The zero-order valence-corrected chi connectivity index (χ0v) is 5.34. The molecule has 1 heterocycles. The lowest BCUT2D eigenvalue weighted by atomic mass is 10.5. The van der Waals surface area contributed by atoms with Gasteiger partial charge in [0.25, 0.3) is 0 Å². The third-order valence-corrected chi connectivity index (χ3v) is 0.977. The Morgan fingerprint density at radius 3 is 2.70 bits per heavy atom. The maximum atomic E-state index is 6.71. The molecular weight excluding hydrogens is 128 g/mol. The first-order chi connectivity index (χ1) is 4.77. The minimum Gasteiger partial charge on any atom is -0.358 e. The molecule has 0 bridgehead atoms. The predicted molar refractivity (Wildman–Crippen MR) is 38.4 cm³/mol. The molecular formula is C6H4N4. The number of amidine groups is 2. The second kappa shape index (κ2) is 2.26. The molecule has 0 saturated carbocycles. The largest absolute Gasteiger partial charge is 0.358 e. The summed E-state index contributed by atoms with van der Waals surface area (Å²) in [6.07, 6.45) is 0. The molecule has 0 fully saturated rings. The fourth-order valence-electron chi connectivity index (χ4n) is 0.605. The van der Waals surface area contributed by atoms with Crippen LogP contribution in [0.3, 0.4) is 0 Å². The van der Waals surface area contributed by atoms with Gasteiger partial charge in [-0.25, -0.2) is 4.99 Å². The van der Waals surface area contributed by atoms with Gasteiger partial charge < -0.3 is 4.85 Å². The Morgan fingerprint density at radius 2 is 2.30 bits per heavy atom. The topological polar surface area (TPSA) is 52.9 Å². The quantitative estimate of drug-likeness (QED) is 0.375. The fourth-order valence-corrected chi connectivity index (χ4v) is 0.605. The summed E-state index contributed by atoms with van der Waals surface area (Å²) in [6, 6.07) is 0. The average Bonchev–Trinajstić information content (AvgIpc) is 2.30. The van der Waals surface area contributed by atoms with Crippen LogP contribution in [-0.4, -0.2) is 17.5 Å². The van der Waals surface area contributed by atoms with Crippen molar-refractivity contribution in [2.45, 2.75) is 6.92 Å². The van der Waals surface area contributed by atoms with Crippen LogP contribution in [0.4, 0.5) is 0 Å². The van der Waals surface area contributed by atoms with E-state index in [0.29, 0.717) is 5.84 Å². The van der Waals surface area contributed by atoms with E-state index < -0.39 is 0 Å². The van der Waals surface area contributed by atoms with Crippen molar-refractivity contribution in [2.24, 2.45) is 9.98 Å². The minimum atomic E-state index is 0.160. The molecule has 0 atom stereocenters. The highest BCUT2D eigenvalue weighted by molar-refractivity contribution is 6.19. The summed E-state index contributed by atoms with van der Waals surface area (Å²) in [5.41, 5.74) is 0.229. The molecule has 48 valence electrons. The molecule has 0 unspecified atom stereocenters. The van der Waals surface area contributed by atoms with Gasteiger partial charge in [-0.3, -0.25) is 5.41 Å². The molecule has 1 N–H and O–H groups in total. The van der Waals surface area contributed by atoms with Crippen molar-refractivity contribution in [2.75, 3.05) is 0 Å². The van der Waals surface area contributed by atoms with Gasteiger partial charge in [0, 0.05) is 6.92 Å². The van der Waals surface area contributed by atoms with Crippen molar-refractivity contribution in [3.63, 3.8) is 0 Å². The summed E-state index contributed by atoms with van der Waals surface area (Å²) in [4.78, 5) is 10.6. The Hall–Kier alpha value is -1.72. The highest BCUT2D eigenvalue weighted by Crippen LogP contribution is 2.06. The van der Waals surface area contributed by atoms with Crippen LogP contribution in [0.2, 0.25) is 0 Å². The first-order valence-corrected chi connectivity index (χ1v) is 2.59. The molecule has 0 aromatic carbocycles. The molecule has 4 heteroatoms. The van der Waals surface area contributed by atoms with Gasteiger partial charge in [-0.1, -0.05) is 6.57 Å². The van der Waals surface area contributed by atoms with Crippen LogP contribution in [0.25, 0.3) is 4.85 Å². The van der Waals surface area contributed by atoms with Crippen LogP contribution in [-0.2, 0) is 0 Å². The number of rotatable bonds is 0. The number of aliphatic imine (C=N–C) groups is 2. The molecule has 0 aromatic heterocycles. The van der Waals surface area contributed by atoms with Crippen molar-refractivity contribution in [1.29, 1.82) is 5.41 Å². The standard InChI is InChI=1S/C6H4N4/c1-4-9-5(3-7)6(8-2)10-4/h7H,1H3. The Balaban J connectivity index is 3.16. The lowest BCUT2D eigenvalue weighted by Gasteiger charge is -1.80. The molecule has 0 amide bonds. The Kier molecular flexibility index (Phi) is 1.44. The molecule has 1 aliphatic rings. The lowest BCUT2D eigenvalue weighted by Crippen LogP contribution is -1.88. The van der Waals surface area contributed by atoms with Crippen molar-refractivity contribution >= 4 is 17.5 Å². The predicted octanol–water partition coefficient (Wildman–Crippen LogP) is 0.869. The highest BCUT2D eigenvalue weighted by Gasteiger charge is 2.14. The molecule has 1 rings (SSSR count). The third-order valence-electron chi connectivity index (χ3n) is 0.977. The van der Waals surface area contributed by atoms with E-state index in [9.17, 15) is 0 Å². The molecule has 0 saturated heterocycles. The van der Waals surface area contributed by atoms with Crippen LogP contribution in [0.15, 0.2) is 15.7 Å². The number of nitrogens with one attached hydrogen (secondary N) is 1. The SMILES string of the molecule is [C-]#[N+]C1=NC(C)=NC1=C=N. The van der Waals surface area contributed by atoms with Crippen LogP contribution in [0.1, 0.15) is 6.92 Å². The molecule has 0 spiro atoms. The maximum Gasteiger partial charge on any atom is 0.306 e. The van der Waals surface area contributed by atoms with Crippen LogP contribution >= 0.6 is 0 Å². The number of hydrogen-bond donors (Lipinski definition) is 1. The summed E-state index contributed by atoms with van der Waals surface area (Å²) in [5, 5.41) is 6.71. The van der Waals surface area contributed by atoms with Crippen LogP contribution < -0.4 is 0 Å².